The Bertz CT molecular complexity index is 652. The lowest BCUT2D eigenvalue weighted by Gasteiger charge is -2.21. The number of hydrogen-bond acceptors (Lipinski definition) is 3. The highest BCUT2D eigenvalue weighted by atomic mass is 35.5. The monoisotopic (exact) mass is 337 g/mol. The highest BCUT2D eigenvalue weighted by Crippen LogP contribution is 2.30. The molecule has 6 heteroatoms. The molecule has 0 spiro atoms. The topological polar surface area (TPSA) is 45.2 Å². The van der Waals surface area contributed by atoms with Crippen LogP contribution in [-0.4, -0.2) is 24.0 Å². The molecule has 0 aliphatic heterocycles. The lowest BCUT2D eigenvalue weighted by Crippen LogP contribution is -2.23. The van der Waals surface area contributed by atoms with E-state index in [1.807, 2.05) is 6.07 Å². The van der Waals surface area contributed by atoms with E-state index >= 15 is 0 Å². The molecule has 0 aliphatic rings. The number of amides is 1. The summed E-state index contributed by atoms with van der Waals surface area (Å²) in [4.78, 5) is 18.6. The van der Waals surface area contributed by atoms with Crippen LogP contribution in [0.4, 0.5) is 11.4 Å². The van der Waals surface area contributed by atoms with Crippen molar-refractivity contribution >= 4 is 40.5 Å². The first kappa shape index (κ1) is 16.6. The van der Waals surface area contributed by atoms with Crippen LogP contribution in [0, 0.1) is 0 Å². The van der Waals surface area contributed by atoms with Gasteiger partial charge in [0.15, 0.2) is 0 Å². The van der Waals surface area contributed by atoms with Gasteiger partial charge in [-0.2, -0.15) is 0 Å². The van der Waals surface area contributed by atoms with Gasteiger partial charge in [-0.1, -0.05) is 29.3 Å². The molecule has 22 heavy (non-hydrogen) atoms. The number of aromatic nitrogens is 1. The number of hydrogen-bond donors (Lipinski definition) is 1. The predicted molar refractivity (Wildman–Crippen MR) is 92.2 cm³/mol. The summed E-state index contributed by atoms with van der Waals surface area (Å²) in [6, 6.07) is 8.70. The summed E-state index contributed by atoms with van der Waals surface area (Å²) in [6.45, 7) is 5.84. The van der Waals surface area contributed by atoms with E-state index in [0.29, 0.717) is 21.4 Å². The molecule has 2 rings (SSSR count). The number of pyridine rings is 1. The number of rotatable bonds is 5. The molecule has 116 valence electrons. The van der Waals surface area contributed by atoms with E-state index in [4.69, 9.17) is 23.2 Å². The van der Waals surface area contributed by atoms with Crippen LogP contribution >= 0.6 is 23.2 Å². The SMILES string of the molecule is CCN(CC)c1ccnc(C(=O)Nc2c(Cl)cccc2Cl)c1. The number of para-hydroxylation sites is 1. The predicted octanol–water partition coefficient (Wildman–Crippen LogP) is 4.49. The van der Waals surface area contributed by atoms with Gasteiger partial charge >= 0.3 is 0 Å². The fourth-order valence-electron chi connectivity index (χ4n) is 2.12. The number of nitrogens with zero attached hydrogens (tertiary/aromatic N) is 2. The smallest absolute Gasteiger partial charge is 0.274 e. The van der Waals surface area contributed by atoms with Crippen LogP contribution in [-0.2, 0) is 0 Å². The highest BCUT2D eigenvalue weighted by Gasteiger charge is 2.14. The molecule has 0 aliphatic carbocycles. The van der Waals surface area contributed by atoms with Gasteiger partial charge in [-0.3, -0.25) is 9.78 Å². The standard InChI is InChI=1S/C16H17Cl2N3O/c1-3-21(4-2)11-8-9-19-14(10-11)16(22)20-15-12(17)6-5-7-13(15)18/h5-10H,3-4H2,1-2H3,(H,20,22). The van der Waals surface area contributed by atoms with E-state index < -0.39 is 0 Å². The van der Waals surface area contributed by atoms with E-state index in [2.05, 4.69) is 29.0 Å². The van der Waals surface area contributed by atoms with Gasteiger partial charge in [0.1, 0.15) is 5.69 Å². The number of anilines is 2. The van der Waals surface area contributed by atoms with Gasteiger partial charge in [0, 0.05) is 25.0 Å². The van der Waals surface area contributed by atoms with Crippen LogP contribution in [0.1, 0.15) is 24.3 Å². The maximum Gasteiger partial charge on any atom is 0.274 e. The Hall–Kier alpha value is -1.78. The van der Waals surface area contributed by atoms with Crippen LogP contribution in [0.2, 0.25) is 10.0 Å². The molecule has 0 bridgehead atoms. The molecule has 1 N–H and O–H groups in total. The number of benzene rings is 1. The first-order valence-electron chi connectivity index (χ1n) is 7.03. The zero-order chi connectivity index (χ0) is 16.1. The lowest BCUT2D eigenvalue weighted by atomic mass is 10.2. The summed E-state index contributed by atoms with van der Waals surface area (Å²) in [7, 11) is 0. The second-order valence-corrected chi connectivity index (χ2v) is 5.44. The largest absolute Gasteiger partial charge is 0.372 e. The van der Waals surface area contributed by atoms with E-state index in [-0.39, 0.29) is 5.91 Å². The third-order valence-electron chi connectivity index (χ3n) is 3.31. The Balaban J connectivity index is 2.25. The Morgan fingerprint density at radius 3 is 2.41 bits per heavy atom. The summed E-state index contributed by atoms with van der Waals surface area (Å²) in [5.74, 6) is -0.344. The highest BCUT2D eigenvalue weighted by molar-refractivity contribution is 6.40. The van der Waals surface area contributed by atoms with Gasteiger partial charge < -0.3 is 10.2 Å². The molecular weight excluding hydrogens is 321 g/mol. The Kier molecular flexibility index (Phi) is 5.63. The van der Waals surface area contributed by atoms with E-state index in [9.17, 15) is 4.79 Å². The minimum absolute atomic E-state index is 0.320. The molecule has 0 saturated heterocycles. The molecule has 1 aromatic heterocycles. The minimum Gasteiger partial charge on any atom is -0.372 e. The molecule has 4 nitrogen and oxygen atoms in total. The van der Waals surface area contributed by atoms with Crippen LogP contribution in [0.25, 0.3) is 0 Å². The number of nitrogens with one attached hydrogen (secondary N) is 1. The van der Waals surface area contributed by atoms with E-state index in [1.54, 1.807) is 30.5 Å². The van der Waals surface area contributed by atoms with Gasteiger partial charge in [0.2, 0.25) is 0 Å². The van der Waals surface area contributed by atoms with E-state index in [0.717, 1.165) is 18.8 Å². The molecule has 2 aromatic rings. The average molecular weight is 338 g/mol. The molecule has 0 unspecified atom stereocenters. The molecular formula is C16H17Cl2N3O. The third kappa shape index (κ3) is 3.70. The maximum atomic E-state index is 12.4. The van der Waals surface area contributed by atoms with Crippen LogP contribution < -0.4 is 10.2 Å². The summed E-state index contributed by atoms with van der Waals surface area (Å²) in [6.07, 6.45) is 1.62. The maximum absolute atomic E-state index is 12.4. The van der Waals surface area contributed by atoms with Crippen molar-refractivity contribution in [2.45, 2.75) is 13.8 Å². The first-order valence-corrected chi connectivity index (χ1v) is 7.78. The quantitative estimate of drug-likeness (QED) is 0.874. The fourth-order valence-corrected chi connectivity index (χ4v) is 2.62. The van der Waals surface area contributed by atoms with Gasteiger partial charge in [-0.15, -0.1) is 0 Å². The van der Waals surface area contributed by atoms with Crippen molar-refractivity contribution in [3.05, 3.63) is 52.3 Å². The fraction of sp³-hybridized carbons (Fsp3) is 0.250. The van der Waals surface area contributed by atoms with Gasteiger partial charge in [-0.25, -0.2) is 0 Å². The third-order valence-corrected chi connectivity index (χ3v) is 3.94. The van der Waals surface area contributed by atoms with Gasteiger partial charge in [0.25, 0.3) is 5.91 Å². The first-order chi connectivity index (χ1) is 10.6. The Labute approximate surface area is 140 Å². The van der Waals surface area contributed by atoms with Crippen LogP contribution in [0.5, 0.6) is 0 Å². The van der Waals surface area contributed by atoms with Crippen molar-refractivity contribution in [1.82, 2.24) is 4.98 Å². The second kappa shape index (κ2) is 7.47. The number of halogens is 2. The number of carbonyl (C=O) groups is 1. The van der Waals surface area contributed by atoms with Gasteiger partial charge in [0.05, 0.1) is 15.7 Å². The minimum atomic E-state index is -0.344. The molecule has 0 atom stereocenters. The van der Waals surface area contributed by atoms with Crippen molar-refractivity contribution in [1.29, 1.82) is 0 Å². The molecule has 1 heterocycles. The second-order valence-electron chi connectivity index (χ2n) is 4.62. The van der Waals surface area contributed by atoms with Crippen molar-refractivity contribution in [2.75, 3.05) is 23.3 Å². The Morgan fingerprint density at radius 1 is 1.18 bits per heavy atom. The lowest BCUT2D eigenvalue weighted by molar-refractivity contribution is 0.102. The number of carbonyl (C=O) groups excluding carboxylic acids is 1. The summed E-state index contributed by atoms with van der Waals surface area (Å²) < 4.78 is 0. The van der Waals surface area contributed by atoms with Crippen LogP contribution in [0.15, 0.2) is 36.5 Å². The average Bonchev–Trinajstić information content (AvgIpc) is 2.52. The molecule has 0 saturated carbocycles. The molecule has 1 aromatic carbocycles. The van der Waals surface area contributed by atoms with Crippen molar-refractivity contribution in [3.63, 3.8) is 0 Å². The molecule has 1 amide bonds. The zero-order valence-electron chi connectivity index (χ0n) is 12.4. The molecule has 0 fully saturated rings. The summed E-state index contributed by atoms with van der Waals surface area (Å²) in [5, 5.41) is 3.49. The van der Waals surface area contributed by atoms with Gasteiger partial charge in [-0.05, 0) is 38.1 Å². The summed E-state index contributed by atoms with van der Waals surface area (Å²) in [5.41, 5.74) is 1.67. The Morgan fingerprint density at radius 2 is 1.82 bits per heavy atom. The van der Waals surface area contributed by atoms with Crippen LogP contribution in [0.3, 0.4) is 0 Å². The zero-order valence-corrected chi connectivity index (χ0v) is 13.9. The molecule has 0 radical (unpaired) electrons. The van der Waals surface area contributed by atoms with E-state index in [1.165, 1.54) is 0 Å². The normalized spacial score (nSPS) is 10.4. The summed E-state index contributed by atoms with van der Waals surface area (Å²) >= 11 is 12.1. The van der Waals surface area contributed by atoms with Crippen molar-refractivity contribution in [3.8, 4) is 0 Å². The van der Waals surface area contributed by atoms with Crippen molar-refractivity contribution < 1.29 is 4.79 Å². The van der Waals surface area contributed by atoms with Crippen molar-refractivity contribution in [2.24, 2.45) is 0 Å².